The molecule has 1 aromatic carbocycles. The summed E-state index contributed by atoms with van der Waals surface area (Å²) in [7, 11) is -1.58. The van der Waals surface area contributed by atoms with Crippen molar-refractivity contribution < 1.29 is 22.3 Å². The predicted octanol–water partition coefficient (Wildman–Crippen LogP) is 5.17. The standard InChI is InChI=1S/C35H46FN7O4S/c1-7-33(44)42-13-8-9-28(42)25-15-29(43-18-23(22(43)4)20-48(6,45)46)26-17-38-32(16-24(26)34(25)21(2)3)39-31-10-12-37-35(40-31)41-14-11-30(47-5)27(36)19-41/h7,10,12,15-17,21-23,27-28,30H,1,8-9,11,13-14,18-20H2,2-6H3,(H,37,38,39,40)/t22-,23-,27+,28-,30-/m1/s1. The second-order valence-corrected chi connectivity index (χ2v) is 15.9. The van der Waals surface area contributed by atoms with Crippen LogP contribution in [0, 0.1) is 5.92 Å². The van der Waals surface area contributed by atoms with Crippen LogP contribution in [0.5, 0.6) is 0 Å². The number of anilines is 4. The van der Waals surface area contributed by atoms with Crippen LogP contribution in [-0.2, 0) is 19.4 Å². The number of carbonyl (C=O) groups is 1. The maximum atomic E-state index is 14.6. The Balaban J connectivity index is 1.40. The lowest BCUT2D eigenvalue weighted by Crippen LogP contribution is -2.57. The summed E-state index contributed by atoms with van der Waals surface area (Å²) in [6.45, 7) is 12.2. The highest BCUT2D eigenvalue weighted by atomic mass is 32.2. The highest BCUT2D eigenvalue weighted by Crippen LogP contribution is 2.46. The minimum Gasteiger partial charge on any atom is -0.378 e. The Labute approximate surface area is 282 Å². The molecule has 6 rings (SSSR count). The minimum atomic E-state index is -3.11. The number of methoxy groups -OCH3 is 1. The van der Waals surface area contributed by atoms with Crippen LogP contribution in [-0.4, -0.2) is 97.8 Å². The molecule has 0 unspecified atom stereocenters. The summed E-state index contributed by atoms with van der Waals surface area (Å²) < 4.78 is 44.2. The van der Waals surface area contributed by atoms with Gasteiger partial charge in [0.25, 0.3) is 0 Å². The van der Waals surface area contributed by atoms with E-state index in [1.165, 1.54) is 19.4 Å². The summed E-state index contributed by atoms with van der Waals surface area (Å²) in [6.07, 6.45) is 6.94. The fourth-order valence-corrected chi connectivity index (χ4v) is 8.82. The first-order valence-electron chi connectivity index (χ1n) is 16.7. The normalized spacial score (nSPS) is 24.6. The molecule has 3 aliphatic heterocycles. The zero-order valence-corrected chi connectivity index (χ0v) is 29.2. The van der Waals surface area contributed by atoms with Gasteiger partial charge < -0.3 is 24.8 Å². The molecule has 1 N–H and O–H groups in total. The first-order valence-corrected chi connectivity index (χ1v) is 18.8. The van der Waals surface area contributed by atoms with Gasteiger partial charge in [-0.3, -0.25) is 4.79 Å². The minimum absolute atomic E-state index is 0.0188. The summed E-state index contributed by atoms with van der Waals surface area (Å²) in [4.78, 5) is 32.9. The van der Waals surface area contributed by atoms with Crippen LogP contribution in [0.25, 0.3) is 10.8 Å². The molecule has 2 aromatic heterocycles. The van der Waals surface area contributed by atoms with E-state index < -0.39 is 22.1 Å². The number of benzene rings is 1. The fourth-order valence-electron chi connectivity index (χ4n) is 7.66. The largest absolute Gasteiger partial charge is 0.378 e. The van der Waals surface area contributed by atoms with Gasteiger partial charge in [-0.2, -0.15) is 4.98 Å². The molecule has 3 aromatic rings. The highest BCUT2D eigenvalue weighted by Gasteiger charge is 2.40. The van der Waals surface area contributed by atoms with Crippen molar-refractivity contribution in [3.63, 3.8) is 0 Å². The van der Waals surface area contributed by atoms with Gasteiger partial charge in [-0.1, -0.05) is 20.4 Å². The van der Waals surface area contributed by atoms with E-state index in [0.29, 0.717) is 43.6 Å². The molecule has 0 spiro atoms. The lowest BCUT2D eigenvalue weighted by atomic mass is 9.84. The number of pyridine rings is 1. The summed E-state index contributed by atoms with van der Waals surface area (Å²) in [5, 5.41) is 5.34. The van der Waals surface area contributed by atoms with Crippen molar-refractivity contribution in [1.29, 1.82) is 0 Å². The van der Waals surface area contributed by atoms with Crippen LogP contribution in [0.3, 0.4) is 0 Å². The summed E-state index contributed by atoms with van der Waals surface area (Å²) >= 11 is 0. The van der Waals surface area contributed by atoms with Crippen LogP contribution >= 0.6 is 0 Å². The number of hydrogen-bond acceptors (Lipinski definition) is 10. The molecule has 5 heterocycles. The van der Waals surface area contributed by atoms with Crippen LogP contribution < -0.4 is 15.1 Å². The van der Waals surface area contributed by atoms with Crippen LogP contribution in [0.1, 0.15) is 63.1 Å². The number of hydrogen-bond donors (Lipinski definition) is 1. The Kier molecular flexibility index (Phi) is 9.63. The lowest BCUT2D eigenvalue weighted by Gasteiger charge is -2.48. The number of ether oxygens (including phenoxy) is 1. The number of fused-ring (bicyclic) bond motifs is 1. The molecule has 11 nitrogen and oxygen atoms in total. The number of halogens is 1. The number of nitrogens with zero attached hydrogens (tertiary/aromatic N) is 6. The molecule has 0 radical (unpaired) electrons. The topological polar surface area (TPSA) is 121 Å². The molecule has 48 heavy (non-hydrogen) atoms. The zero-order chi connectivity index (χ0) is 34.3. The van der Waals surface area contributed by atoms with E-state index in [0.717, 1.165) is 40.4 Å². The maximum Gasteiger partial charge on any atom is 0.246 e. The van der Waals surface area contributed by atoms with Crippen LogP contribution in [0.15, 0.2) is 43.2 Å². The summed E-state index contributed by atoms with van der Waals surface area (Å²) in [6, 6.07) is 5.92. The molecule has 0 saturated carbocycles. The van der Waals surface area contributed by atoms with Crippen molar-refractivity contribution in [1.82, 2.24) is 19.9 Å². The van der Waals surface area contributed by atoms with Crippen molar-refractivity contribution in [3.8, 4) is 0 Å². The van der Waals surface area contributed by atoms with Crippen molar-refractivity contribution in [2.75, 3.05) is 60.4 Å². The van der Waals surface area contributed by atoms with Crippen molar-refractivity contribution >= 4 is 49.8 Å². The number of aromatic nitrogens is 3. The van der Waals surface area contributed by atoms with E-state index in [4.69, 9.17) is 14.7 Å². The molecule has 3 aliphatic rings. The number of carbonyl (C=O) groups excluding carboxylic acids is 1. The van der Waals surface area contributed by atoms with Crippen LogP contribution in [0.4, 0.5) is 27.7 Å². The quantitative estimate of drug-likeness (QED) is 0.287. The van der Waals surface area contributed by atoms with E-state index in [1.807, 2.05) is 22.1 Å². The molecule has 13 heteroatoms. The Morgan fingerprint density at radius 3 is 2.62 bits per heavy atom. The zero-order valence-electron chi connectivity index (χ0n) is 28.4. The van der Waals surface area contributed by atoms with Gasteiger partial charge in [0.1, 0.15) is 27.6 Å². The van der Waals surface area contributed by atoms with E-state index in [2.05, 4.69) is 48.6 Å². The molecule has 3 fully saturated rings. The molecule has 5 atom stereocenters. The third kappa shape index (κ3) is 6.71. The maximum absolute atomic E-state index is 14.6. The average Bonchev–Trinajstić information content (AvgIpc) is 3.55. The first-order chi connectivity index (χ1) is 22.9. The lowest BCUT2D eigenvalue weighted by molar-refractivity contribution is -0.126. The monoisotopic (exact) mass is 679 g/mol. The fraction of sp³-hybridized carbons (Fsp3) is 0.543. The van der Waals surface area contributed by atoms with Crippen LogP contribution in [0.2, 0.25) is 0 Å². The average molecular weight is 680 g/mol. The summed E-state index contributed by atoms with van der Waals surface area (Å²) in [5.41, 5.74) is 3.23. The van der Waals surface area contributed by atoms with Gasteiger partial charge >= 0.3 is 0 Å². The van der Waals surface area contributed by atoms with Gasteiger partial charge in [-0.05, 0) is 72.9 Å². The van der Waals surface area contributed by atoms with Gasteiger partial charge in [0.2, 0.25) is 11.9 Å². The molecular weight excluding hydrogens is 633 g/mol. The van der Waals surface area contributed by atoms with E-state index >= 15 is 0 Å². The predicted molar refractivity (Wildman–Crippen MR) is 188 cm³/mol. The Morgan fingerprint density at radius 2 is 1.96 bits per heavy atom. The molecule has 0 bridgehead atoms. The smallest absolute Gasteiger partial charge is 0.246 e. The Hall–Kier alpha value is -3.84. The van der Waals surface area contributed by atoms with Gasteiger partial charge in [0.05, 0.1) is 24.4 Å². The molecule has 3 saturated heterocycles. The molecule has 258 valence electrons. The molecule has 1 amide bonds. The van der Waals surface area contributed by atoms with Gasteiger partial charge in [-0.15, -0.1) is 0 Å². The number of sulfone groups is 1. The Morgan fingerprint density at radius 1 is 1.17 bits per heavy atom. The number of alkyl halides is 1. The third-order valence-electron chi connectivity index (χ3n) is 10.1. The first kappa shape index (κ1) is 34.0. The van der Waals surface area contributed by atoms with Gasteiger partial charge in [-0.25, -0.2) is 22.8 Å². The van der Waals surface area contributed by atoms with Gasteiger partial charge in [0.15, 0.2) is 0 Å². The number of nitrogens with one attached hydrogen (secondary N) is 1. The SMILES string of the molecule is C=CC(=O)N1CCC[C@@H]1c1cc(N2C[C@H](CS(C)(=O)=O)[C@H]2C)c2cnc(Nc3ccnc(N4CC[C@@H](OC)[C@@H](F)C4)n3)cc2c1C(C)C. The number of likely N-dealkylation sites (tertiary alicyclic amines) is 1. The summed E-state index contributed by atoms with van der Waals surface area (Å²) in [5.74, 6) is 1.80. The second-order valence-electron chi connectivity index (χ2n) is 13.7. The number of piperidine rings is 1. The van der Waals surface area contributed by atoms with Crippen molar-refractivity contribution in [2.45, 2.75) is 70.3 Å². The van der Waals surface area contributed by atoms with E-state index in [9.17, 15) is 17.6 Å². The second kappa shape index (κ2) is 13.6. The van der Waals surface area contributed by atoms with E-state index in [-0.39, 0.29) is 42.1 Å². The third-order valence-corrected chi connectivity index (χ3v) is 11.2. The van der Waals surface area contributed by atoms with Crippen molar-refractivity contribution in [2.24, 2.45) is 5.92 Å². The molecular formula is C35H46FN7O4S. The highest BCUT2D eigenvalue weighted by molar-refractivity contribution is 7.90. The number of amides is 1. The Bertz CT molecular complexity index is 1800. The van der Waals surface area contributed by atoms with Crippen molar-refractivity contribution in [3.05, 3.63) is 54.4 Å². The van der Waals surface area contributed by atoms with Gasteiger partial charge in [0, 0.05) is 68.4 Å². The number of rotatable bonds is 10. The molecule has 0 aliphatic carbocycles. The van der Waals surface area contributed by atoms with E-state index in [1.54, 1.807) is 12.3 Å².